The molecule has 1 aliphatic carbocycles. The Kier molecular flexibility index (Phi) is 2.48. The van der Waals surface area contributed by atoms with Gasteiger partial charge in [0.15, 0.2) is 0 Å². The molecule has 1 aliphatic rings. The van der Waals surface area contributed by atoms with Crippen LogP contribution in [0.2, 0.25) is 0 Å². The van der Waals surface area contributed by atoms with Gasteiger partial charge >= 0.3 is 0 Å². The molecule has 1 aromatic rings. The van der Waals surface area contributed by atoms with Crippen LogP contribution in [-0.4, -0.2) is 32.9 Å². The fourth-order valence-corrected chi connectivity index (χ4v) is 1.65. The van der Waals surface area contributed by atoms with Gasteiger partial charge in [0, 0.05) is 25.4 Å². The molecule has 0 aromatic carbocycles. The van der Waals surface area contributed by atoms with Gasteiger partial charge in [-0.1, -0.05) is 0 Å². The number of carbonyl (C=O) groups excluding carboxylic acids is 1. The number of aliphatic hydroxyl groups is 1. The normalized spacial score (nSPS) is 17.5. The van der Waals surface area contributed by atoms with Crippen molar-refractivity contribution in [3.63, 3.8) is 0 Å². The summed E-state index contributed by atoms with van der Waals surface area (Å²) in [5.41, 5.74) is 0.420. The van der Waals surface area contributed by atoms with E-state index in [2.05, 4.69) is 10.4 Å². The van der Waals surface area contributed by atoms with Crippen molar-refractivity contribution in [3.05, 3.63) is 18.0 Å². The molecule has 1 amide bonds. The van der Waals surface area contributed by atoms with Crippen molar-refractivity contribution in [2.24, 2.45) is 7.05 Å². The first-order valence-electron chi connectivity index (χ1n) is 5.07. The fourth-order valence-electron chi connectivity index (χ4n) is 1.65. The van der Waals surface area contributed by atoms with Crippen LogP contribution in [0.3, 0.4) is 0 Å². The van der Waals surface area contributed by atoms with E-state index in [1.807, 2.05) is 0 Å². The SMILES string of the molecule is Cn1cc(C(=O)NC2(CCO)CC2)cn1. The molecule has 0 spiro atoms. The van der Waals surface area contributed by atoms with Crippen LogP contribution in [0.15, 0.2) is 12.4 Å². The van der Waals surface area contributed by atoms with Gasteiger partial charge in [-0.25, -0.2) is 0 Å². The van der Waals surface area contributed by atoms with Gasteiger partial charge in [0.2, 0.25) is 0 Å². The summed E-state index contributed by atoms with van der Waals surface area (Å²) in [7, 11) is 1.78. The first-order valence-corrected chi connectivity index (χ1v) is 5.07. The number of aliphatic hydroxyl groups excluding tert-OH is 1. The van der Waals surface area contributed by atoms with Crippen molar-refractivity contribution < 1.29 is 9.90 Å². The topological polar surface area (TPSA) is 67.2 Å². The van der Waals surface area contributed by atoms with Gasteiger partial charge in [0.25, 0.3) is 5.91 Å². The lowest BCUT2D eigenvalue weighted by molar-refractivity contribution is 0.0923. The molecule has 1 aromatic heterocycles. The van der Waals surface area contributed by atoms with Crippen LogP contribution in [0, 0.1) is 0 Å². The summed E-state index contributed by atoms with van der Waals surface area (Å²) in [5.74, 6) is -0.103. The number of aromatic nitrogens is 2. The van der Waals surface area contributed by atoms with E-state index in [1.165, 1.54) is 0 Å². The fraction of sp³-hybridized carbons (Fsp3) is 0.600. The molecule has 1 fully saturated rings. The molecule has 82 valence electrons. The molecule has 0 unspecified atom stereocenters. The highest BCUT2D eigenvalue weighted by Gasteiger charge is 2.43. The highest BCUT2D eigenvalue weighted by Crippen LogP contribution is 2.38. The molecule has 1 heterocycles. The van der Waals surface area contributed by atoms with E-state index >= 15 is 0 Å². The van der Waals surface area contributed by atoms with E-state index in [0.29, 0.717) is 12.0 Å². The first kappa shape index (κ1) is 10.2. The summed E-state index contributed by atoms with van der Waals surface area (Å²) < 4.78 is 1.60. The van der Waals surface area contributed by atoms with Crippen molar-refractivity contribution in [3.8, 4) is 0 Å². The monoisotopic (exact) mass is 209 g/mol. The summed E-state index contributed by atoms with van der Waals surface area (Å²) in [4.78, 5) is 11.7. The largest absolute Gasteiger partial charge is 0.396 e. The lowest BCUT2D eigenvalue weighted by Gasteiger charge is -2.14. The number of hydrogen-bond acceptors (Lipinski definition) is 3. The second kappa shape index (κ2) is 3.66. The Morgan fingerprint density at radius 3 is 2.93 bits per heavy atom. The molecule has 2 N–H and O–H groups in total. The van der Waals surface area contributed by atoms with Gasteiger partial charge in [-0.15, -0.1) is 0 Å². The van der Waals surface area contributed by atoms with Gasteiger partial charge in [-0.2, -0.15) is 5.10 Å². The summed E-state index contributed by atoms with van der Waals surface area (Å²) in [6.45, 7) is 0.118. The van der Waals surface area contributed by atoms with E-state index in [1.54, 1.807) is 24.1 Å². The molecule has 1 saturated carbocycles. The number of amides is 1. The smallest absolute Gasteiger partial charge is 0.254 e. The molecular formula is C10H15N3O2. The van der Waals surface area contributed by atoms with Gasteiger partial charge in [0.1, 0.15) is 0 Å². The van der Waals surface area contributed by atoms with Crippen LogP contribution < -0.4 is 5.32 Å². The van der Waals surface area contributed by atoms with E-state index in [9.17, 15) is 4.79 Å². The predicted molar refractivity (Wildman–Crippen MR) is 54.3 cm³/mol. The van der Waals surface area contributed by atoms with Crippen molar-refractivity contribution in [1.82, 2.24) is 15.1 Å². The Balaban J connectivity index is 1.98. The molecular weight excluding hydrogens is 194 g/mol. The van der Waals surface area contributed by atoms with E-state index < -0.39 is 0 Å². The number of hydrogen-bond donors (Lipinski definition) is 2. The molecule has 0 aliphatic heterocycles. The van der Waals surface area contributed by atoms with Crippen LogP contribution in [0.5, 0.6) is 0 Å². The van der Waals surface area contributed by atoms with Gasteiger partial charge in [-0.05, 0) is 19.3 Å². The van der Waals surface area contributed by atoms with Crippen molar-refractivity contribution in [2.45, 2.75) is 24.8 Å². The Hall–Kier alpha value is -1.36. The maximum absolute atomic E-state index is 11.7. The van der Waals surface area contributed by atoms with Gasteiger partial charge in [-0.3, -0.25) is 9.48 Å². The molecule has 0 bridgehead atoms. The highest BCUT2D eigenvalue weighted by atomic mass is 16.3. The maximum Gasteiger partial charge on any atom is 0.254 e. The summed E-state index contributed by atoms with van der Waals surface area (Å²) in [6, 6.07) is 0. The second-order valence-corrected chi connectivity index (χ2v) is 4.11. The number of nitrogens with one attached hydrogen (secondary N) is 1. The first-order chi connectivity index (χ1) is 7.15. The van der Waals surface area contributed by atoms with E-state index in [0.717, 1.165) is 12.8 Å². The molecule has 0 radical (unpaired) electrons. The zero-order valence-electron chi connectivity index (χ0n) is 8.73. The van der Waals surface area contributed by atoms with Crippen LogP contribution in [0.4, 0.5) is 0 Å². The minimum atomic E-state index is -0.151. The molecule has 2 rings (SSSR count). The van der Waals surface area contributed by atoms with Crippen LogP contribution in [0.1, 0.15) is 29.6 Å². The average Bonchev–Trinajstić information content (AvgIpc) is 2.77. The summed E-state index contributed by atoms with van der Waals surface area (Å²) in [5, 5.41) is 15.7. The maximum atomic E-state index is 11.7. The third-order valence-corrected chi connectivity index (χ3v) is 2.79. The van der Waals surface area contributed by atoms with Crippen molar-refractivity contribution in [1.29, 1.82) is 0 Å². The Labute approximate surface area is 88.1 Å². The predicted octanol–water partition coefficient (Wildman–Crippen LogP) is 0.0649. The molecule has 0 saturated heterocycles. The minimum Gasteiger partial charge on any atom is -0.396 e. The summed E-state index contributed by atoms with van der Waals surface area (Å²) >= 11 is 0. The Morgan fingerprint density at radius 2 is 2.47 bits per heavy atom. The van der Waals surface area contributed by atoms with Gasteiger partial charge in [0.05, 0.1) is 11.8 Å². The number of nitrogens with zero attached hydrogens (tertiary/aromatic N) is 2. The Morgan fingerprint density at radius 1 is 1.73 bits per heavy atom. The zero-order valence-corrected chi connectivity index (χ0v) is 8.73. The lowest BCUT2D eigenvalue weighted by atomic mass is 10.2. The molecule has 5 heteroatoms. The summed E-state index contributed by atoms with van der Waals surface area (Å²) in [6.07, 6.45) is 5.78. The Bertz CT molecular complexity index is 368. The number of carbonyl (C=O) groups is 1. The molecule has 15 heavy (non-hydrogen) atoms. The standard InChI is InChI=1S/C10H15N3O2/c1-13-7-8(6-11-13)9(15)12-10(2-3-10)4-5-14/h6-7,14H,2-5H2,1H3,(H,12,15). The van der Waals surface area contributed by atoms with Crippen LogP contribution >= 0.6 is 0 Å². The lowest BCUT2D eigenvalue weighted by Crippen LogP contribution is -2.37. The molecule has 5 nitrogen and oxygen atoms in total. The quantitative estimate of drug-likeness (QED) is 0.737. The van der Waals surface area contributed by atoms with E-state index in [4.69, 9.17) is 5.11 Å². The third kappa shape index (κ3) is 2.18. The number of rotatable bonds is 4. The average molecular weight is 209 g/mol. The van der Waals surface area contributed by atoms with Gasteiger partial charge < -0.3 is 10.4 Å². The van der Waals surface area contributed by atoms with Crippen molar-refractivity contribution in [2.75, 3.05) is 6.61 Å². The third-order valence-electron chi connectivity index (χ3n) is 2.79. The highest BCUT2D eigenvalue weighted by molar-refractivity contribution is 5.94. The zero-order chi connectivity index (χ0) is 10.9. The van der Waals surface area contributed by atoms with Crippen molar-refractivity contribution >= 4 is 5.91 Å². The number of aryl methyl sites for hydroxylation is 1. The van der Waals surface area contributed by atoms with E-state index in [-0.39, 0.29) is 18.1 Å². The second-order valence-electron chi connectivity index (χ2n) is 4.11. The van der Waals surface area contributed by atoms with Crippen LogP contribution in [0.25, 0.3) is 0 Å². The molecule has 0 atom stereocenters. The minimum absolute atomic E-state index is 0.103. The van der Waals surface area contributed by atoms with Crippen LogP contribution in [-0.2, 0) is 7.05 Å².